The lowest BCUT2D eigenvalue weighted by atomic mass is 10.1. The zero-order valence-electron chi connectivity index (χ0n) is 5.84. The van der Waals surface area contributed by atoms with Gasteiger partial charge in [-0.25, -0.2) is 4.39 Å². The van der Waals surface area contributed by atoms with Crippen molar-refractivity contribution in [2.45, 2.75) is 6.61 Å². The van der Waals surface area contributed by atoms with Crippen LogP contribution >= 0.6 is 12.4 Å². The average molecular weight is 178 g/mol. The molecule has 1 heterocycles. The van der Waals surface area contributed by atoms with Gasteiger partial charge in [-0.15, -0.1) is 12.4 Å². The van der Waals surface area contributed by atoms with Gasteiger partial charge in [-0.2, -0.15) is 0 Å². The van der Waals surface area contributed by atoms with Crippen LogP contribution in [0.5, 0.6) is 5.75 Å². The Morgan fingerprint density at radius 2 is 2.09 bits per heavy atom. The second-order valence-electron chi connectivity index (χ2n) is 2.04. The normalized spacial score (nSPS) is 11.0. The van der Waals surface area contributed by atoms with Crippen molar-refractivity contribution in [3.63, 3.8) is 0 Å². The van der Waals surface area contributed by atoms with E-state index in [4.69, 9.17) is 4.74 Å². The van der Waals surface area contributed by atoms with Crippen molar-refractivity contribution in [1.82, 2.24) is 6.15 Å². The molecular weight excluding hydrogens is 169 g/mol. The molecule has 1 aliphatic heterocycles. The Balaban J connectivity index is 0.000000500. The zero-order valence-corrected chi connectivity index (χ0v) is 6.66. The van der Waals surface area contributed by atoms with Crippen molar-refractivity contribution in [3.05, 3.63) is 29.6 Å². The molecule has 0 spiro atoms. The highest BCUT2D eigenvalue weighted by Gasteiger charge is 2.13. The third-order valence-corrected chi connectivity index (χ3v) is 1.41. The number of rotatable bonds is 0. The minimum Gasteiger partial charge on any atom is -0.488 e. The van der Waals surface area contributed by atoms with Crippen LogP contribution < -0.4 is 10.9 Å². The van der Waals surface area contributed by atoms with Crippen molar-refractivity contribution < 1.29 is 9.13 Å². The van der Waals surface area contributed by atoms with E-state index >= 15 is 0 Å². The molecule has 1 aromatic carbocycles. The van der Waals surface area contributed by atoms with Gasteiger partial charge in [0.2, 0.25) is 0 Å². The molecular formula is C7H9ClFNO. The lowest BCUT2D eigenvalue weighted by Crippen LogP contribution is -2.08. The predicted octanol–water partition coefficient (Wildman–Crippen LogP) is 2.30. The standard InChI is InChI=1S/C7H5FO.ClH.H3N/c8-6-2-1-5-4-9-7(5)3-6;;/h1-3H,4H2;1H;1H3. The number of ether oxygens (including phenoxy) is 1. The summed E-state index contributed by atoms with van der Waals surface area (Å²) < 4.78 is 17.2. The predicted molar refractivity (Wildman–Crippen MR) is 43.0 cm³/mol. The molecule has 0 radical (unpaired) electrons. The van der Waals surface area contributed by atoms with E-state index in [2.05, 4.69) is 0 Å². The lowest BCUT2D eigenvalue weighted by Gasteiger charge is -2.19. The molecule has 0 amide bonds. The van der Waals surface area contributed by atoms with Crippen LogP contribution in [0, 0.1) is 5.82 Å². The summed E-state index contributed by atoms with van der Waals surface area (Å²) in [5.74, 6) is 0.462. The first-order valence-corrected chi connectivity index (χ1v) is 2.77. The third-order valence-electron chi connectivity index (χ3n) is 1.41. The minimum atomic E-state index is -0.228. The van der Waals surface area contributed by atoms with Gasteiger partial charge in [-0.1, -0.05) is 0 Å². The second-order valence-corrected chi connectivity index (χ2v) is 2.04. The summed E-state index contributed by atoms with van der Waals surface area (Å²) in [4.78, 5) is 0. The fourth-order valence-corrected chi connectivity index (χ4v) is 0.857. The van der Waals surface area contributed by atoms with Crippen LogP contribution in [0.25, 0.3) is 0 Å². The first-order chi connectivity index (χ1) is 4.36. The van der Waals surface area contributed by atoms with Gasteiger partial charge < -0.3 is 10.9 Å². The Hall–Kier alpha value is -0.800. The molecule has 2 rings (SSSR count). The number of benzene rings is 1. The average Bonchev–Trinajstić information content (AvgIpc) is 1.78. The van der Waals surface area contributed by atoms with E-state index in [1.165, 1.54) is 12.1 Å². The lowest BCUT2D eigenvalue weighted by molar-refractivity contribution is 0.241. The second kappa shape index (κ2) is 3.55. The number of fused-ring (bicyclic) bond motifs is 1. The molecule has 0 fully saturated rings. The maximum absolute atomic E-state index is 12.3. The first-order valence-electron chi connectivity index (χ1n) is 2.77. The van der Waals surface area contributed by atoms with E-state index in [1.54, 1.807) is 6.07 Å². The molecule has 0 aliphatic carbocycles. The van der Waals surface area contributed by atoms with Crippen molar-refractivity contribution in [1.29, 1.82) is 0 Å². The molecule has 2 nitrogen and oxygen atoms in total. The third kappa shape index (κ3) is 1.61. The van der Waals surface area contributed by atoms with Crippen LogP contribution in [-0.4, -0.2) is 0 Å². The van der Waals surface area contributed by atoms with E-state index < -0.39 is 0 Å². The van der Waals surface area contributed by atoms with Gasteiger partial charge in [0.15, 0.2) is 0 Å². The summed E-state index contributed by atoms with van der Waals surface area (Å²) in [5.41, 5.74) is 1.09. The van der Waals surface area contributed by atoms with Crippen LogP contribution in [0.4, 0.5) is 4.39 Å². The monoisotopic (exact) mass is 177 g/mol. The molecule has 3 N–H and O–H groups in total. The van der Waals surface area contributed by atoms with Crippen molar-refractivity contribution in [2.75, 3.05) is 0 Å². The Bertz CT molecular complexity index is 254. The summed E-state index contributed by atoms with van der Waals surface area (Å²) in [7, 11) is 0. The molecule has 0 aromatic heterocycles. The summed E-state index contributed by atoms with van der Waals surface area (Å²) in [6, 6.07) is 4.59. The highest BCUT2D eigenvalue weighted by atomic mass is 35.5. The van der Waals surface area contributed by atoms with E-state index in [0.29, 0.717) is 12.4 Å². The van der Waals surface area contributed by atoms with Crippen LogP contribution in [0.3, 0.4) is 0 Å². The number of hydrogen-bond donors (Lipinski definition) is 1. The highest BCUT2D eigenvalue weighted by Crippen LogP contribution is 2.28. The topological polar surface area (TPSA) is 44.2 Å². The minimum absolute atomic E-state index is 0. The van der Waals surface area contributed by atoms with Gasteiger partial charge in [0.05, 0.1) is 0 Å². The molecule has 62 valence electrons. The fraction of sp³-hybridized carbons (Fsp3) is 0.143. The molecule has 0 bridgehead atoms. The summed E-state index contributed by atoms with van der Waals surface area (Å²) in [6.07, 6.45) is 0. The van der Waals surface area contributed by atoms with Gasteiger partial charge in [0.25, 0.3) is 0 Å². The Kier molecular flexibility index (Phi) is 3.29. The number of halogens is 2. The van der Waals surface area contributed by atoms with Gasteiger partial charge >= 0.3 is 0 Å². The highest BCUT2D eigenvalue weighted by molar-refractivity contribution is 5.85. The SMILES string of the molecule is Cl.Fc1ccc2c(c1)OC2.N. The van der Waals surface area contributed by atoms with E-state index in [0.717, 1.165) is 5.56 Å². The summed E-state index contributed by atoms with van der Waals surface area (Å²) in [5, 5.41) is 0. The summed E-state index contributed by atoms with van der Waals surface area (Å²) in [6.45, 7) is 0.635. The van der Waals surface area contributed by atoms with Gasteiger partial charge in [-0.3, -0.25) is 0 Å². The van der Waals surface area contributed by atoms with Crippen LogP contribution in [0.2, 0.25) is 0 Å². The maximum atomic E-state index is 12.3. The van der Waals surface area contributed by atoms with E-state index in [9.17, 15) is 4.39 Å². The Morgan fingerprint density at radius 1 is 1.36 bits per heavy atom. The van der Waals surface area contributed by atoms with Crippen LogP contribution in [0.15, 0.2) is 18.2 Å². The molecule has 4 heteroatoms. The fourth-order valence-electron chi connectivity index (χ4n) is 0.857. The molecule has 0 unspecified atom stereocenters. The largest absolute Gasteiger partial charge is 0.488 e. The molecule has 1 aliphatic rings. The molecule has 0 saturated carbocycles. The van der Waals surface area contributed by atoms with E-state index in [-0.39, 0.29) is 24.4 Å². The zero-order chi connectivity index (χ0) is 6.27. The molecule has 11 heavy (non-hydrogen) atoms. The van der Waals surface area contributed by atoms with Gasteiger partial charge in [-0.05, 0) is 12.1 Å². The van der Waals surface area contributed by atoms with Crippen molar-refractivity contribution in [3.8, 4) is 5.75 Å². The van der Waals surface area contributed by atoms with E-state index in [1.807, 2.05) is 0 Å². The van der Waals surface area contributed by atoms with Crippen molar-refractivity contribution >= 4 is 12.4 Å². The molecule has 0 saturated heterocycles. The Labute approximate surface area is 70.4 Å². The molecule has 1 aromatic rings. The first kappa shape index (κ1) is 10.2. The number of hydrogen-bond acceptors (Lipinski definition) is 2. The van der Waals surface area contributed by atoms with Crippen molar-refractivity contribution in [2.24, 2.45) is 0 Å². The Morgan fingerprint density at radius 3 is 2.45 bits per heavy atom. The van der Waals surface area contributed by atoms with Crippen LogP contribution in [0.1, 0.15) is 5.56 Å². The van der Waals surface area contributed by atoms with Crippen LogP contribution in [-0.2, 0) is 6.61 Å². The van der Waals surface area contributed by atoms with Gasteiger partial charge in [0.1, 0.15) is 18.2 Å². The maximum Gasteiger partial charge on any atom is 0.129 e. The van der Waals surface area contributed by atoms with Gasteiger partial charge in [0, 0.05) is 11.6 Å². The molecule has 0 atom stereocenters. The summed E-state index contributed by atoms with van der Waals surface area (Å²) >= 11 is 0. The quantitative estimate of drug-likeness (QED) is 0.661. The smallest absolute Gasteiger partial charge is 0.129 e.